The van der Waals surface area contributed by atoms with Crippen molar-refractivity contribution in [2.45, 2.75) is 39.2 Å². The molecule has 0 aliphatic carbocycles. The number of nitrogens with zero attached hydrogens (tertiary/aromatic N) is 3. The zero-order chi connectivity index (χ0) is 19.3. The standard InChI is InChI=1S/C19H22F2N4O/c1-12(2)9-19(3,23)11-26-16-5-4-13(8-14(16)10-22)15-6-7-24-18(25-15)17(20)21/h4-8,12,17H,9,11,23H2,1-3H3/t19-/m0/s1. The largest absolute Gasteiger partial charge is 0.490 e. The molecule has 2 rings (SSSR count). The van der Waals surface area contributed by atoms with Gasteiger partial charge in [-0.1, -0.05) is 13.8 Å². The molecule has 2 aromatic rings. The lowest BCUT2D eigenvalue weighted by molar-refractivity contribution is 0.140. The summed E-state index contributed by atoms with van der Waals surface area (Å²) in [5.74, 6) is 0.280. The number of rotatable bonds is 7. The number of aromatic nitrogens is 2. The van der Waals surface area contributed by atoms with Gasteiger partial charge in [-0.15, -0.1) is 0 Å². The van der Waals surface area contributed by atoms with Gasteiger partial charge in [-0.25, -0.2) is 18.7 Å². The number of hydrogen-bond acceptors (Lipinski definition) is 5. The van der Waals surface area contributed by atoms with Crippen LogP contribution in [0.3, 0.4) is 0 Å². The first kappa shape index (κ1) is 19.7. The molecule has 1 heterocycles. The van der Waals surface area contributed by atoms with E-state index < -0.39 is 17.8 Å². The average molecular weight is 360 g/mol. The van der Waals surface area contributed by atoms with Crippen molar-refractivity contribution in [1.29, 1.82) is 5.26 Å². The molecule has 0 saturated carbocycles. The highest BCUT2D eigenvalue weighted by molar-refractivity contribution is 5.64. The maximum atomic E-state index is 12.8. The van der Waals surface area contributed by atoms with Crippen molar-refractivity contribution < 1.29 is 13.5 Å². The Morgan fingerprint density at radius 2 is 2.04 bits per heavy atom. The van der Waals surface area contributed by atoms with Gasteiger partial charge in [0.05, 0.1) is 11.3 Å². The number of halogens is 2. The molecule has 7 heteroatoms. The maximum Gasteiger partial charge on any atom is 0.297 e. The summed E-state index contributed by atoms with van der Waals surface area (Å²) in [6.45, 7) is 6.33. The maximum absolute atomic E-state index is 12.8. The lowest BCUT2D eigenvalue weighted by atomic mass is 9.93. The van der Waals surface area contributed by atoms with Gasteiger partial charge in [0.15, 0.2) is 5.82 Å². The second-order valence-electron chi connectivity index (χ2n) is 6.96. The predicted molar refractivity (Wildman–Crippen MR) is 94.7 cm³/mol. The Hall–Kier alpha value is -2.59. The SMILES string of the molecule is CC(C)C[C@](C)(N)COc1ccc(-c2ccnc(C(F)F)n2)cc1C#N. The van der Waals surface area contributed by atoms with E-state index in [9.17, 15) is 14.0 Å². The van der Waals surface area contributed by atoms with Gasteiger partial charge in [0.25, 0.3) is 6.43 Å². The van der Waals surface area contributed by atoms with Crippen LogP contribution in [0.15, 0.2) is 30.5 Å². The second-order valence-corrected chi connectivity index (χ2v) is 6.96. The zero-order valence-electron chi connectivity index (χ0n) is 15.0. The van der Waals surface area contributed by atoms with Gasteiger partial charge in [0.2, 0.25) is 0 Å². The van der Waals surface area contributed by atoms with Gasteiger partial charge in [-0.2, -0.15) is 5.26 Å². The van der Waals surface area contributed by atoms with E-state index >= 15 is 0 Å². The highest BCUT2D eigenvalue weighted by Crippen LogP contribution is 2.27. The molecule has 0 radical (unpaired) electrons. The molecule has 5 nitrogen and oxygen atoms in total. The van der Waals surface area contributed by atoms with E-state index in [1.807, 2.05) is 6.92 Å². The van der Waals surface area contributed by atoms with Gasteiger partial charge >= 0.3 is 0 Å². The highest BCUT2D eigenvalue weighted by atomic mass is 19.3. The molecule has 0 spiro atoms. The van der Waals surface area contributed by atoms with E-state index in [0.29, 0.717) is 28.5 Å². The summed E-state index contributed by atoms with van der Waals surface area (Å²) >= 11 is 0. The van der Waals surface area contributed by atoms with E-state index in [0.717, 1.165) is 6.42 Å². The van der Waals surface area contributed by atoms with Gasteiger partial charge < -0.3 is 10.5 Å². The molecule has 0 aliphatic rings. The first-order valence-corrected chi connectivity index (χ1v) is 8.29. The molecule has 0 aliphatic heterocycles. The molecule has 26 heavy (non-hydrogen) atoms. The smallest absolute Gasteiger partial charge is 0.297 e. The topological polar surface area (TPSA) is 84.8 Å². The highest BCUT2D eigenvalue weighted by Gasteiger charge is 2.22. The van der Waals surface area contributed by atoms with Gasteiger partial charge in [-0.3, -0.25) is 0 Å². The molecule has 0 unspecified atom stereocenters. The van der Waals surface area contributed by atoms with Crippen molar-refractivity contribution in [1.82, 2.24) is 9.97 Å². The fourth-order valence-electron chi connectivity index (χ4n) is 2.78. The molecule has 138 valence electrons. The minimum absolute atomic E-state index is 0.266. The van der Waals surface area contributed by atoms with E-state index in [4.69, 9.17) is 10.5 Å². The second kappa shape index (κ2) is 8.19. The Morgan fingerprint density at radius 3 is 2.65 bits per heavy atom. The number of hydrogen-bond donors (Lipinski definition) is 1. The van der Waals surface area contributed by atoms with Crippen LogP contribution in [0.5, 0.6) is 5.75 Å². The molecule has 0 bridgehead atoms. The Morgan fingerprint density at radius 1 is 1.31 bits per heavy atom. The summed E-state index contributed by atoms with van der Waals surface area (Å²) in [5.41, 5.74) is 6.86. The summed E-state index contributed by atoms with van der Waals surface area (Å²) in [7, 11) is 0. The lowest BCUT2D eigenvalue weighted by Gasteiger charge is -2.26. The molecule has 0 amide bonds. The number of nitrogens with two attached hydrogens (primary N) is 1. The van der Waals surface area contributed by atoms with Crippen LogP contribution >= 0.6 is 0 Å². The molecular formula is C19H22F2N4O. The molecule has 1 aromatic heterocycles. The summed E-state index contributed by atoms with van der Waals surface area (Å²) in [6.07, 6.45) is -0.702. The van der Waals surface area contributed by atoms with Crippen molar-refractivity contribution in [3.05, 3.63) is 41.9 Å². The first-order chi connectivity index (χ1) is 12.2. The van der Waals surface area contributed by atoms with Crippen LogP contribution in [0.1, 0.15) is 45.0 Å². The quantitative estimate of drug-likeness (QED) is 0.804. The van der Waals surface area contributed by atoms with Crippen LogP contribution in [0.4, 0.5) is 8.78 Å². The minimum atomic E-state index is -2.75. The number of nitriles is 1. The molecule has 1 atom stereocenters. The normalized spacial score (nSPS) is 13.5. The Labute approximate surface area is 151 Å². The molecule has 0 saturated heterocycles. The van der Waals surface area contributed by atoms with E-state index in [1.165, 1.54) is 12.3 Å². The molecule has 2 N–H and O–H groups in total. The zero-order valence-corrected chi connectivity index (χ0v) is 15.0. The number of alkyl halides is 2. The van der Waals surface area contributed by atoms with E-state index in [1.54, 1.807) is 18.2 Å². The van der Waals surface area contributed by atoms with Crippen molar-refractivity contribution in [2.75, 3.05) is 6.61 Å². The van der Waals surface area contributed by atoms with Crippen LogP contribution in [0.25, 0.3) is 11.3 Å². The Kier molecular flexibility index (Phi) is 6.22. The van der Waals surface area contributed by atoms with Crippen molar-refractivity contribution in [3.63, 3.8) is 0 Å². The third-order valence-corrected chi connectivity index (χ3v) is 3.70. The fraction of sp³-hybridized carbons (Fsp3) is 0.421. The summed E-state index contributed by atoms with van der Waals surface area (Å²) in [6, 6.07) is 8.44. The summed E-state index contributed by atoms with van der Waals surface area (Å²) < 4.78 is 31.3. The van der Waals surface area contributed by atoms with Crippen LogP contribution in [0.2, 0.25) is 0 Å². The van der Waals surface area contributed by atoms with Crippen LogP contribution < -0.4 is 10.5 Å². The predicted octanol–water partition coefficient (Wildman–Crippen LogP) is 4.10. The summed E-state index contributed by atoms with van der Waals surface area (Å²) in [5, 5.41) is 9.39. The number of benzene rings is 1. The third kappa shape index (κ3) is 5.20. The van der Waals surface area contributed by atoms with Crippen molar-refractivity contribution in [3.8, 4) is 23.1 Å². The van der Waals surface area contributed by atoms with Crippen LogP contribution in [-0.4, -0.2) is 22.1 Å². The van der Waals surface area contributed by atoms with Crippen LogP contribution in [0, 0.1) is 17.2 Å². The van der Waals surface area contributed by atoms with Gasteiger partial charge in [-0.05, 0) is 43.5 Å². The molecule has 0 fully saturated rings. The van der Waals surface area contributed by atoms with E-state index in [-0.39, 0.29) is 6.61 Å². The molecular weight excluding hydrogens is 338 g/mol. The van der Waals surface area contributed by atoms with E-state index in [2.05, 4.69) is 29.9 Å². The van der Waals surface area contributed by atoms with Gasteiger partial charge in [0, 0.05) is 17.3 Å². The third-order valence-electron chi connectivity index (χ3n) is 3.70. The Bertz CT molecular complexity index is 800. The molecule has 1 aromatic carbocycles. The minimum Gasteiger partial charge on any atom is -0.490 e. The van der Waals surface area contributed by atoms with Crippen molar-refractivity contribution >= 4 is 0 Å². The first-order valence-electron chi connectivity index (χ1n) is 8.29. The number of ether oxygens (including phenoxy) is 1. The fourth-order valence-corrected chi connectivity index (χ4v) is 2.78. The van der Waals surface area contributed by atoms with Gasteiger partial charge in [0.1, 0.15) is 18.4 Å². The lowest BCUT2D eigenvalue weighted by Crippen LogP contribution is -2.43. The van der Waals surface area contributed by atoms with Crippen molar-refractivity contribution in [2.24, 2.45) is 11.7 Å². The monoisotopic (exact) mass is 360 g/mol. The summed E-state index contributed by atoms with van der Waals surface area (Å²) in [4.78, 5) is 7.37. The Balaban J connectivity index is 2.23. The average Bonchev–Trinajstić information content (AvgIpc) is 2.59. The van der Waals surface area contributed by atoms with Crippen LogP contribution in [-0.2, 0) is 0 Å².